The van der Waals surface area contributed by atoms with Crippen LogP contribution in [0, 0.1) is 5.92 Å². The Morgan fingerprint density at radius 3 is 2.50 bits per heavy atom. The molecule has 2 heterocycles. The minimum atomic E-state index is -2.71. The molecule has 5 rings (SSSR count). The van der Waals surface area contributed by atoms with Gasteiger partial charge in [0.1, 0.15) is 15.5 Å². The van der Waals surface area contributed by atoms with Gasteiger partial charge in [-0.3, -0.25) is 0 Å². The summed E-state index contributed by atoms with van der Waals surface area (Å²) >= 11 is 1.61. The molecule has 0 bridgehead atoms. The fourth-order valence-electron chi connectivity index (χ4n) is 3.70. The zero-order valence-corrected chi connectivity index (χ0v) is 21.6. The van der Waals surface area contributed by atoms with Crippen LogP contribution in [0.4, 0.5) is 17.5 Å². The maximum atomic E-state index is 14.1. The molecule has 2 aromatic carbocycles. The molecule has 0 aliphatic heterocycles. The van der Waals surface area contributed by atoms with Crippen molar-refractivity contribution in [2.45, 2.75) is 35.6 Å². The van der Waals surface area contributed by atoms with E-state index in [0.717, 1.165) is 33.9 Å². The third-order valence-electron chi connectivity index (χ3n) is 5.94. The van der Waals surface area contributed by atoms with Crippen LogP contribution in [-0.4, -0.2) is 38.5 Å². The van der Waals surface area contributed by atoms with E-state index in [-0.39, 0.29) is 12.6 Å². The van der Waals surface area contributed by atoms with Crippen LogP contribution in [0.15, 0.2) is 92.5 Å². The van der Waals surface area contributed by atoms with Crippen molar-refractivity contribution in [2.75, 3.05) is 23.8 Å². The summed E-state index contributed by atoms with van der Waals surface area (Å²) in [4.78, 5) is 11.6. The van der Waals surface area contributed by atoms with Crippen LogP contribution >= 0.6 is 11.3 Å². The number of thiophene rings is 1. The number of nitrogens with one attached hydrogen (secondary N) is 2. The molecule has 1 aliphatic rings. The summed E-state index contributed by atoms with van der Waals surface area (Å²) in [5, 5.41) is 18.0. The van der Waals surface area contributed by atoms with Crippen molar-refractivity contribution < 1.29 is 9.32 Å². The normalized spacial score (nSPS) is 15.6. The molecular weight excluding hydrogens is 490 g/mol. The molecule has 1 fully saturated rings. The van der Waals surface area contributed by atoms with Crippen LogP contribution < -0.4 is 10.6 Å². The number of aliphatic hydroxyl groups excluding tert-OH is 1. The number of nitrogens with zero attached hydrogens (tertiary/aromatic N) is 3. The van der Waals surface area contributed by atoms with Gasteiger partial charge in [-0.1, -0.05) is 24.3 Å². The van der Waals surface area contributed by atoms with E-state index in [2.05, 4.69) is 20.6 Å². The highest BCUT2D eigenvalue weighted by Crippen LogP contribution is 2.33. The second-order valence-corrected chi connectivity index (χ2v) is 12.1. The molecular formula is C27H29N5O2S2. The lowest BCUT2D eigenvalue weighted by Crippen LogP contribution is -2.21. The van der Waals surface area contributed by atoms with Crippen molar-refractivity contribution in [2.24, 2.45) is 10.3 Å². The molecule has 0 amide bonds. The Kier molecular flexibility index (Phi) is 7.31. The average molecular weight is 520 g/mol. The summed E-state index contributed by atoms with van der Waals surface area (Å²) in [6.45, 7) is 2.51. The van der Waals surface area contributed by atoms with Crippen molar-refractivity contribution in [1.29, 1.82) is 0 Å². The lowest BCUT2D eigenvalue weighted by atomic mass is 10.2. The van der Waals surface area contributed by atoms with Gasteiger partial charge in [0.25, 0.3) is 0 Å². The van der Waals surface area contributed by atoms with Crippen molar-refractivity contribution in [1.82, 2.24) is 9.97 Å². The molecule has 3 N–H and O–H groups in total. The van der Waals surface area contributed by atoms with E-state index < -0.39 is 9.73 Å². The molecule has 0 spiro atoms. The fraction of sp³-hybridized carbons (Fsp3) is 0.259. The quantitative estimate of drug-likeness (QED) is 0.236. The highest BCUT2D eigenvalue weighted by molar-refractivity contribution is 7.93. The molecule has 186 valence electrons. The van der Waals surface area contributed by atoms with Gasteiger partial charge in [-0.15, -0.1) is 11.3 Å². The maximum Gasteiger partial charge on any atom is 0.229 e. The van der Waals surface area contributed by atoms with Gasteiger partial charge in [-0.05, 0) is 73.5 Å². The molecule has 2 aromatic heterocycles. The third kappa shape index (κ3) is 5.59. The standard InChI is InChI=1S/C27H29N5O2S2/c1-19(18-33)30-26-24(25-8-5-15-35-25)17-28-27(32-26)31-21-11-13-23(14-12-21)36(34,29-16-20-9-10-20)22-6-3-2-4-7-22/h2-8,11-15,17,19-20,33H,9-10,16,18H2,1H3,(H2,28,30,31,32)/t19-,36?/m1/s1. The second-order valence-electron chi connectivity index (χ2n) is 8.90. The number of benzene rings is 2. The van der Waals surface area contributed by atoms with Crippen LogP contribution in [0.3, 0.4) is 0 Å². The van der Waals surface area contributed by atoms with Gasteiger partial charge in [0.05, 0.1) is 28.5 Å². The average Bonchev–Trinajstić information content (AvgIpc) is 3.59. The first-order chi connectivity index (χ1) is 17.5. The lowest BCUT2D eigenvalue weighted by molar-refractivity contribution is 0.281. The van der Waals surface area contributed by atoms with Gasteiger partial charge >= 0.3 is 0 Å². The number of aliphatic hydroxyl groups is 1. The Balaban J connectivity index is 1.41. The zero-order chi connectivity index (χ0) is 25.0. The fourth-order valence-corrected chi connectivity index (χ4v) is 6.46. The predicted molar refractivity (Wildman–Crippen MR) is 146 cm³/mol. The predicted octanol–water partition coefficient (Wildman–Crippen LogP) is 6.04. The molecule has 1 aliphatic carbocycles. The topological polar surface area (TPSA) is 99.5 Å². The van der Waals surface area contributed by atoms with Crippen LogP contribution in [0.25, 0.3) is 10.4 Å². The monoisotopic (exact) mass is 519 g/mol. The Hall–Kier alpha value is -3.27. The molecule has 9 heteroatoms. The maximum absolute atomic E-state index is 14.1. The highest BCUT2D eigenvalue weighted by Gasteiger charge is 2.23. The van der Waals surface area contributed by atoms with Crippen molar-refractivity contribution in [3.05, 3.63) is 78.3 Å². The minimum absolute atomic E-state index is 0.00933. The SMILES string of the molecule is C[C@H](CO)Nc1nc(Nc2ccc(S(=O)(=NCC3CC3)c3ccccc3)cc2)ncc1-c1cccs1. The van der Waals surface area contributed by atoms with E-state index in [1.54, 1.807) is 17.5 Å². The van der Waals surface area contributed by atoms with E-state index in [9.17, 15) is 9.32 Å². The summed E-state index contributed by atoms with van der Waals surface area (Å²) in [6.07, 6.45) is 4.10. The van der Waals surface area contributed by atoms with Gasteiger partial charge in [0.15, 0.2) is 0 Å². The van der Waals surface area contributed by atoms with E-state index in [4.69, 9.17) is 4.36 Å². The van der Waals surface area contributed by atoms with Gasteiger partial charge in [0, 0.05) is 22.8 Å². The molecule has 36 heavy (non-hydrogen) atoms. The van der Waals surface area contributed by atoms with Gasteiger partial charge in [-0.25, -0.2) is 13.6 Å². The van der Waals surface area contributed by atoms with Crippen LogP contribution in [0.2, 0.25) is 0 Å². The Morgan fingerprint density at radius 1 is 1.08 bits per heavy atom. The molecule has 4 aromatic rings. The summed E-state index contributed by atoms with van der Waals surface area (Å²) < 4.78 is 18.8. The molecule has 0 saturated heterocycles. The molecule has 7 nitrogen and oxygen atoms in total. The number of hydrogen-bond acceptors (Lipinski definition) is 8. The van der Waals surface area contributed by atoms with Crippen LogP contribution in [-0.2, 0) is 9.73 Å². The number of hydrogen-bond donors (Lipinski definition) is 3. The summed E-state index contributed by atoms with van der Waals surface area (Å²) in [6, 6.07) is 20.8. The van der Waals surface area contributed by atoms with Crippen LogP contribution in [0.5, 0.6) is 0 Å². The Labute approximate surface area is 215 Å². The van der Waals surface area contributed by atoms with Gasteiger partial charge < -0.3 is 15.7 Å². The molecule has 1 unspecified atom stereocenters. The summed E-state index contributed by atoms with van der Waals surface area (Å²) in [5.74, 6) is 1.64. The van der Waals surface area contributed by atoms with E-state index in [0.29, 0.717) is 29.1 Å². The highest BCUT2D eigenvalue weighted by atomic mass is 32.2. The Bertz CT molecular complexity index is 1410. The Morgan fingerprint density at radius 2 is 1.83 bits per heavy atom. The van der Waals surface area contributed by atoms with Gasteiger partial charge in [-0.2, -0.15) is 4.98 Å². The molecule has 1 saturated carbocycles. The van der Waals surface area contributed by atoms with E-state index in [1.165, 1.54) is 0 Å². The zero-order valence-electron chi connectivity index (χ0n) is 20.0. The number of aromatic nitrogens is 2. The minimum Gasteiger partial charge on any atom is -0.394 e. The lowest BCUT2D eigenvalue weighted by Gasteiger charge is -2.16. The number of rotatable bonds is 10. The first-order valence-corrected chi connectivity index (χ1v) is 14.4. The van der Waals surface area contributed by atoms with Crippen molar-refractivity contribution in [3.63, 3.8) is 0 Å². The molecule has 0 radical (unpaired) electrons. The second kappa shape index (κ2) is 10.8. The summed E-state index contributed by atoms with van der Waals surface area (Å²) in [5.41, 5.74) is 1.66. The van der Waals surface area contributed by atoms with E-state index >= 15 is 0 Å². The van der Waals surface area contributed by atoms with Crippen LogP contribution in [0.1, 0.15) is 19.8 Å². The largest absolute Gasteiger partial charge is 0.394 e. The van der Waals surface area contributed by atoms with E-state index in [1.807, 2.05) is 79.0 Å². The van der Waals surface area contributed by atoms with Crippen molar-refractivity contribution in [3.8, 4) is 10.4 Å². The van der Waals surface area contributed by atoms with Gasteiger partial charge in [0.2, 0.25) is 5.95 Å². The molecule has 2 atom stereocenters. The smallest absolute Gasteiger partial charge is 0.229 e. The van der Waals surface area contributed by atoms with Crippen molar-refractivity contribution >= 4 is 38.5 Å². The first kappa shape index (κ1) is 24.4. The first-order valence-electron chi connectivity index (χ1n) is 12.0. The third-order valence-corrected chi connectivity index (χ3v) is 9.17. The summed E-state index contributed by atoms with van der Waals surface area (Å²) in [7, 11) is -2.71. The number of anilines is 3.